The van der Waals surface area contributed by atoms with E-state index in [0.29, 0.717) is 28.4 Å². The molecule has 7 heteroatoms. The summed E-state index contributed by atoms with van der Waals surface area (Å²) >= 11 is 5.96. The van der Waals surface area contributed by atoms with Crippen LogP contribution in [0.3, 0.4) is 0 Å². The summed E-state index contributed by atoms with van der Waals surface area (Å²) in [6.07, 6.45) is -1.15. The summed E-state index contributed by atoms with van der Waals surface area (Å²) in [5.41, 5.74) is 2.92. The third-order valence-corrected chi connectivity index (χ3v) is 3.47. The number of aliphatic hydroxyl groups excluding tert-OH is 1. The molecule has 0 aliphatic carbocycles. The van der Waals surface area contributed by atoms with E-state index in [2.05, 4.69) is 15.5 Å². The number of aliphatic hydroxyl groups is 2. The van der Waals surface area contributed by atoms with Crippen molar-refractivity contribution < 1.29 is 10.2 Å². The van der Waals surface area contributed by atoms with E-state index in [4.69, 9.17) is 21.8 Å². The standard InChI is InChI=1S/C13H12ClN3O3/c14-7-2-1-6-3-8-12(15-9(6)4-7)10(5-11(18)19)16-17-13(8)20/h1-2,4,11,15,18-19H,3,5H2,(H,17,20). The number of nitrogens with one attached hydrogen (secondary N) is 2. The Hall–Kier alpha value is -1.89. The van der Waals surface area contributed by atoms with Gasteiger partial charge in [0.25, 0.3) is 5.56 Å². The average Bonchev–Trinajstić information content (AvgIpc) is 2.40. The summed E-state index contributed by atoms with van der Waals surface area (Å²) in [7, 11) is 0. The van der Waals surface area contributed by atoms with Crippen molar-refractivity contribution in [2.24, 2.45) is 0 Å². The van der Waals surface area contributed by atoms with Crippen molar-refractivity contribution in [2.45, 2.75) is 19.1 Å². The topological polar surface area (TPSA) is 98.2 Å². The zero-order valence-corrected chi connectivity index (χ0v) is 11.1. The lowest BCUT2D eigenvalue weighted by molar-refractivity contribution is -0.0388. The van der Waals surface area contributed by atoms with Gasteiger partial charge in [0.05, 0.1) is 11.4 Å². The smallest absolute Gasteiger partial charge is 0.269 e. The van der Waals surface area contributed by atoms with Crippen LogP contribution in [0, 0.1) is 0 Å². The first-order valence-corrected chi connectivity index (χ1v) is 6.44. The molecule has 0 spiro atoms. The minimum absolute atomic E-state index is 0.0674. The first-order valence-electron chi connectivity index (χ1n) is 6.06. The lowest BCUT2D eigenvalue weighted by Crippen LogP contribution is -2.24. The molecule has 0 atom stereocenters. The normalized spacial score (nSPS) is 12.8. The number of aromatic amines is 1. The van der Waals surface area contributed by atoms with E-state index in [1.807, 2.05) is 6.07 Å². The molecule has 1 aromatic carbocycles. The van der Waals surface area contributed by atoms with Crippen molar-refractivity contribution >= 4 is 23.0 Å². The van der Waals surface area contributed by atoms with Crippen LogP contribution < -0.4 is 10.9 Å². The monoisotopic (exact) mass is 293 g/mol. The number of halogens is 1. The molecule has 0 amide bonds. The second kappa shape index (κ2) is 4.90. The first kappa shape index (κ1) is 13.1. The Morgan fingerprint density at radius 1 is 1.40 bits per heavy atom. The number of hydrogen-bond acceptors (Lipinski definition) is 5. The second-order valence-corrected chi connectivity index (χ2v) is 5.08. The van der Waals surface area contributed by atoms with Gasteiger partial charge in [0.15, 0.2) is 6.29 Å². The van der Waals surface area contributed by atoms with E-state index in [9.17, 15) is 4.79 Å². The van der Waals surface area contributed by atoms with Gasteiger partial charge in [-0.2, -0.15) is 5.10 Å². The summed E-state index contributed by atoms with van der Waals surface area (Å²) < 4.78 is 0. The Labute approximate surface area is 119 Å². The molecule has 0 saturated heterocycles. The number of hydrogen-bond donors (Lipinski definition) is 4. The fraction of sp³-hybridized carbons (Fsp3) is 0.231. The summed E-state index contributed by atoms with van der Waals surface area (Å²) in [6.45, 7) is 0. The van der Waals surface area contributed by atoms with E-state index in [1.54, 1.807) is 12.1 Å². The first-order chi connectivity index (χ1) is 9.54. The number of nitrogens with zero attached hydrogens (tertiary/aromatic N) is 1. The highest BCUT2D eigenvalue weighted by Gasteiger charge is 2.22. The quantitative estimate of drug-likeness (QED) is 0.527. The maximum Gasteiger partial charge on any atom is 0.269 e. The molecule has 1 aliphatic heterocycles. The average molecular weight is 294 g/mol. The highest BCUT2D eigenvalue weighted by Crippen LogP contribution is 2.34. The molecule has 6 nitrogen and oxygen atoms in total. The largest absolute Gasteiger partial charge is 0.368 e. The van der Waals surface area contributed by atoms with Crippen molar-refractivity contribution in [1.29, 1.82) is 0 Å². The highest BCUT2D eigenvalue weighted by molar-refractivity contribution is 6.30. The molecule has 104 valence electrons. The van der Waals surface area contributed by atoms with Gasteiger partial charge in [0, 0.05) is 29.1 Å². The van der Waals surface area contributed by atoms with Crippen molar-refractivity contribution in [2.75, 3.05) is 5.32 Å². The van der Waals surface area contributed by atoms with Crippen LogP contribution in [0.2, 0.25) is 5.02 Å². The zero-order valence-electron chi connectivity index (χ0n) is 10.4. The molecule has 0 unspecified atom stereocenters. The van der Waals surface area contributed by atoms with Gasteiger partial charge in [-0.05, 0) is 17.7 Å². The van der Waals surface area contributed by atoms with Crippen LogP contribution >= 0.6 is 11.6 Å². The molecule has 0 radical (unpaired) electrons. The van der Waals surface area contributed by atoms with Gasteiger partial charge in [-0.25, -0.2) is 5.10 Å². The molecule has 0 bridgehead atoms. The highest BCUT2D eigenvalue weighted by atomic mass is 35.5. The number of H-pyrrole nitrogens is 1. The molecule has 4 N–H and O–H groups in total. The Morgan fingerprint density at radius 3 is 2.95 bits per heavy atom. The number of anilines is 2. The predicted molar refractivity (Wildman–Crippen MR) is 74.3 cm³/mol. The summed E-state index contributed by atoms with van der Waals surface area (Å²) in [5, 5.41) is 28.1. The predicted octanol–water partition coefficient (Wildman–Crippen LogP) is 0.924. The Kier molecular flexibility index (Phi) is 3.21. The van der Waals surface area contributed by atoms with E-state index in [-0.39, 0.29) is 12.0 Å². The van der Waals surface area contributed by atoms with Crippen LogP contribution in [0.1, 0.15) is 16.8 Å². The zero-order chi connectivity index (χ0) is 14.3. The van der Waals surface area contributed by atoms with E-state index < -0.39 is 6.29 Å². The van der Waals surface area contributed by atoms with Gasteiger partial charge in [-0.15, -0.1) is 0 Å². The van der Waals surface area contributed by atoms with Gasteiger partial charge in [-0.3, -0.25) is 4.79 Å². The molecule has 0 saturated carbocycles. The van der Waals surface area contributed by atoms with E-state index >= 15 is 0 Å². The minimum atomic E-state index is -1.53. The fourth-order valence-electron chi connectivity index (χ4n) is 2.31. The Bertz CT molecular complexity index is 727. The molecule has 1 aliphatic rings. The minimum Gasteiger partial charge on any atom is -0.368 e. The van der Waals surface area contributed by atoms with Crippen molar-refractivity contribution in [3.63, 3.8) is 0 Å². The maximum absolute atomic E-state index is 11.9. The number of aromatic nitrogens is 2. The van der Waals surface area contributed by atoms with Gasteiger partial charge in [0.1, 0.15) is 0 Å². The van der Waals surface area contributed by atoms with Crippen LogP contribution in [0.5, 0.6) is 0 Å². The maximum atomic E-state index is 11.9. The number of fused-ring (bicyclic) bond motifs is 2. The van der Waals surface area contributed by atoms with Gasteiger partial charge in [-0.1, -0.05) is 17.7 Å². The van der Waals surface area contributed by atoms with Gasteiger partial charge in [0.2, 0.25) is 0 Å². The molecule has 1 aromatic heterocycles. The Balaban J connectivity index is 2.10. The summed E-state index contributed by atoms with van der Waals surface area (Å²) in [5.74, 6) is 0. The lowest BCUT2D eigenvalue weighted by Gasteiger charge is -2.22. The van der Waals surface area contributed by atoms with Crippen LogP contribution in [-0.2, 0) is 12.8 Å². The van der Waals surface area contributed by atoms with Crippen LogP contribution in [0.15, 0.2) is 23.0 Å². The fourth-order valence-corrected chi connectivity index (χ4v) is 2.48. The Morgan fingerprint density at radius 2 is 2.20 bits per heavy atom. The molecular weight excluding hydrogens is 282 g/mol. The summed E-state index contributed by atoms with van der Waals surface area (Å²) in [6, 6.07) is 5.38. The second-order valence-electron chi connectivity index (χ2n) is 4.64. The third-order valence-electron chi connectivity index (χ3n) is 3.23. The number of rotatable bonds is 2. The molecular formula is C13H12ClN3O3. The summed E-state index contributed by atoms with van der Waals surface area (Å²) in [4.78, 5) is 11.9. The van der Waals surface area contributed by atoms with Crippen LogP contribution in [0.25, 0.3) is 0 Å². The SMILES string of the molecule is O=c1[nH]nc(CC(O)O)c2c1Cc1ccc(Cl)cc1N2. The van der Waals surface area contributed by atoms with Gasteiger partial charge < -0.3 is 15.5 Å². The molecule has 2 heterocycles. The van der Waals surface area contributed by atoms with Crippen LogP contribution in [-0.4, -0.2) is 26.7 Å². The number of benzene rings is 1. The molecule has 2 aromatic rings. The molecule has 0 fully saturated rings. The third kappa shape index (κ3) is 2.29. The van der Waals surface area contributed by atoms with Gasteiger partial charge >= 0.3 is 0 Å². The van der Waals surface area contributed by atoms with Crippen molar-refractivity contribution in [1.82, 2.24) is 10.2 Å². The lowest BCUT2D eigenvalue weighted by atomic mass is 9.97. The van der Waals surface area contributed by atoms with E-state index in [1.165, 1.54) is 0 Å². The van der Waals surface area contributed by atoms with Crippen LogP contribution in [0.4, 0.5) is 11.4 Å². The van der Waals surface area contributed by atoms with E-state index in [0.717, 1.165) is 11.3 Å². The van der Waals surface area contributed by atoms with Crippen molar-refractivity contribution in [3.05, 3.63) is 50.4 Å². The molecule has 20 heavy (non-hydrogen) atoms. The van der Waals surface area contributed by atoms with Crippen molar-refractivity contribution in [3.8, 4) is 0 Å². The molecule has 3 rings (SSSR count).